The van der Waals surface area contributed by atoms with Crippen LogP contribution in [0.15, 0.2) is 18.2 Å². The molecule has 2 rings (SSSR count). The number of nitrogens with one attached hydrogen (secondary N) is 1. The third-order valence-electron chi connectivity index (χ3n) is 3.74. The van der Waals surface area contributed by atoms with Crippen molar-refractivity contribution in [3.8, 4) is 0 Å². The number of hydrogen-bond acceptors (Lipinski definition) is 2. The van der Waals surface area contributed by atoms with Crippen molar-refractivity contribution < 1.29 is 4.74 Å². The fourth-order valence-corrected chi connectivity index (χ4v) is 2.91. The molecule has 1 heterocycles. The van der Waals surface area contributed by atoms with Gasteiger partial charge in [0.15, 0.2) is 0 Å². The molecule has 17 heavy (non-hydrogen) atoms. The van der Waals surface area contributed by atoms with E-state index in [1.54, 1.807) is 0 Å². The van der Waals surface area contributed by atoms with Crippen LogP contribution in [0, 0.1) is 19.8 Å². The van der Waals surface area contributed by atoms with Crippen molar-refractivity contribution in [1.82, 2.24) is 5.32 Å². The van der Waals surface area contributed by atoms with E-state index in [1.165, 1.54) is 29.5 Å². The summed E-state index contributed by atoms with van der Waals surface area (Å²) in [5.74, 6) is 0.605. The van der Waals surface area contributed by atoms with Crippen LogP contribution in [0.3, 0.4) is 0 Å². The lowest BCUT2D eigenvalue weighted by atomic mass is 9.85. The van der Waals surface area contributed by atoms with Gasteiger partial charge < -0.3 is 10.1 Å². The summed E-state index contributed by atoms with van der Waals surface area (Å²) in [6.45, 7) is 6.32. The molecule has 2 heteroatoms. The van der Waals surface area contributed by atoms with Gasteiger partial charge in [0.25, 0.3) is 0 Å². The molecule has 1 aliphatic heterocycles. The minimum absolute atomic E-state index is 0.275. The van der Waals surface area contributed by atoms with Crippen molar-refractivity contribution in [3.63, 3.8) is 0 Å². The third kappa shape index (κ3) is 2.70. The molecule has 2 atom stereocenters. The first kappa shape index (κ1) is 12.6. The first-order valence-electron chi connectivity index (χ1n) is 6.56. The molecular formula is C15H23NO. The highest BCUT2D eigenvalue weighted by Crippen LogP contribution is 2.36. The summed E-state index contributed by atoms with van der Waals surface area (Å²) in [4.78, 5) is 0. The van der Waals surface area contributed by atoms with Crippen molar-refractivity contribution in [2.45, 2.75) is 32.8 Å². The lowest BCUT2D eigenvalue weighted by Gasteiger charge is -2.33. The molecule has 1 aliphatic rings. The lowest BCUT2D eigenvalue weighted by Crippen LogP contribution is -2.31. The SMILES string of the molecule is CNCC1CCCOC1c1c(C)cccc1C. The van der Waals surface area contributed by atoms with Crippen LogP contribution in [0.4, 0.5) is 0 Å². The summed E-state index contributed by atoms with van der Waals surface area (Å²) in [6, 6.07) is 6.51. The topological polar surface area (TPSA) is 21.3 Å². The standard InChI is InChI=1S/C15H23NO/c1-11-6-4-7-12(2)14(11)15-13(10-16-3)8-5-9-17-15/h4,6-7,13,15-16H,5,8-10H2,1-3H3. The molecule has 94 valence electrons. The molecule has 0 bridgehead atoms. The Morgan fingerprint density at radius 2 is 2.00 bits per heavy atom. The van der Waals surface area contributed by atoms with Crippen LogP contribution < -0.4 is 5.32 Å². The summed E-state index contributed by atoms with van der Waals surface area (Å²) >= 11 is 0. The fourth-order valence-electron chi connectivity index (χ4n) is 2.91. The van der Waals surface area contributed by atoms with Gasteiger partial charge in [-0.2, -0.15) is 0 Å². The molecular weight excluding hydrogens is 210 g/mol. The van der Waals surface area contributed by atoms with E-state index in [4.69, 9.17) is 4.74 Å². The van der Waals surface area contributed by atoms with Crippen molar-refractivity contribution in [1.29, 1.82) is 0 Å². The summed E-state index contributed by atoms with van der Waals surface area (Å²) in [5, 5.41) is 3.30. The van der Waals surface area contributed by atoms with Crippen molar-refractivity contribution in [2.75, 3.05) is 20.2 Å². The summed E-state index contributed by atoms with van der Waals surface area (Å²) in [7, 11) is 2.02. The van der Waals surface area contributed by atoms with E-state index in [1.807, 2.05) is 7.05 Å². The second kappa shape index (κ2) is 5.65. The second-order valence-electron chi connectivity index (χ2n) is 5.06. The van der Waals surface area contributed by atoms with E-state index < -0.39 is 0 Å². The van der Waals surface area contributed by atoms with Crippen molar-refractivity contribution >= 4 is 0 Å². The molecule has 1 fully saturated rings. The Morgan fingerprint density at radius 3 is 2.65 bits per heavy atom. The van der Waals surface area contributed by atoms with Crippen molar-refractivity contribution in [2.24, 2.45) is 5.92 Å². The molecule has 1 N–H and O–H groups in total. The van der Waals surface area contributed by atoms with Crippen LogP contribution in [0.1, 0.15) is 35.6 Å². The zero-order valence-corrected chi connectivity index (χ0v) is 11.1. The van der Waals surface area contributed by atoms with E-state index in [2.05, 4.69) is 37.4 Å². The van der Waals surface area contributed by atoms with Gasteiger partial charge in [-0.1, -0.05) is 18.2 Å². The highest BCUT2D eigenvalue weighted by molar-refractivity contribution is 5.36. The molecule has 0 saturated carbocycles. The maximum Gasteiger partial charge on any atom is 0.0870 e. The quantitative estimate of drug-likeness (QED) is 0.866. The molecule has 0 aliphatic carbocycles. The van der Waals surface area contributed by atoms with E-state index >= 15 is 0 Å². The highest BCUT2D eigenvalue weighted by atomic mass is 16.5. The first-order chi connectivity index (χ1) is 8.24. The number of ether oxygens (including phenoxy) is 1. The number of rotatable bonds is 3. The molecule has 1 aromatic carbocycles. The monoisotopic (exact) mass is 233 g/mol. The normalized spacial score (nSPS) is 24.9. The van der Waals surface area contributed by atoms with Gasteiger partial charge in [-0.3, -0.25) is 0 Å². The van der Waals surface area contributed by atoms with Crippen LogP contribution in [-0.2, 0) is 4.74 Å². The molecule has 0 radical (unpaired) electrons. The van der Waals surface area contributed by atoms with Crippen LogP contribution in [0.5, 0.6) is 0 Å². The Balaban J connectivity index is 2.29. The van der Waals surface area contributed by atoms with E-state index in [-0.39, 0.29) is 6.10 Å². The molecule has 2 unspecified atom stereocenters. The van der Waals surface area contributed by atoms with Crippen LogP contribution in [-0.4, -0.2) is 20.2 Å². The minimum atomic E-state index is 0.275. The summed E-state index contributed by atoms with van der Waals surface area (Å²) in [6.07, 6.45) is 2.73. The van der Waals surface area contributed by atoms with Gasteiger partial charge in [0.2, 0.25) is 0 Å². The van der Waals surface area contributed by atoms with Crippen molar-refractivity contribution in [3.05, 3.63) is 34.9 Å². The first-order valence-corrected chi connectivity index (χ1v) is 6.56. The average Bonchev–Trinajstić information content (AvgIpc) is 2.31. The van der Waals surface area contributed by atoms with Gasteiger partial charge in [-0.05, 0) is 50.4 Å². The Hall–Kier alpha value is -0.860. The van der Waals surface area contributed by atoms with E-state index in [9.17, 15) is 0 Å². The molecule has 1 saturated heterocycles. The number of aryl methyl sites for hydroxylation is 2. The van der Waals surface area contributed by atoms with Crippen LogP contribution in [0.25, 0.3) is 0 Å². The van der Waals surface area contributed by atoms with Gasteiger partial charge >= 0.3 is 0 Å². The van der Waals surface area contributed by atoms with Gasteiger partial charge in [0, 0.05) is 19.1 Å². The predicted octanol–water partition coefficient (Wildman–Crippen LogP) is 2.99. The average molecular weight is 233 g/mol. The van der Waals surface area contributed by atoms with Gasteiger partial charge in [-0.15, -0.1) is 0 Å². The maximum atomic E-state index is 6.05. The molecule has 0 aromatic heterocycles. The van der Waals surface area contributed by atoms with E-state index in [0.29, 0.717) is 5.92 Å². The van der Waals surface area contributed by atoms with Gasteiger partial charge in [0.1, 0.15) is 0 Å². The molecule has 1 aromatic rings. The van der Waals surface area contributed by atoms with E-state index in [0.717, 1.165) is 13.2 Å². The summed E-state index contributed by atoms with van der Waals surface area (Å²) in [5.41, 5.74) is 4.13. The second-order valence-corrected chi connectivity index (χ2v) is 5.06. The molecule has 2 nitrogen and oxygen atoms in total. The summed E-state index contributed by atoms with van der Waals surface area (Å²) < 4.78 is 6.05. The molecule has 0 amide bonds. The molecule has 0 spiro atoms. The Bertz CT molecular complexity index is 353. The van der Waals surface area contributed by atoms with Gasteiger partial charge in [0.05, 0.1) is 6.10 Å². The smallest absolute Gasteiger partial charge is 0.0870 e. The third-order valence-corrected chi connectivity index (χ3v) is 3.74. The largest absolute Gasteiger partial charge is 0.373 e. The maximum absolute atomic E-state index is 6.05. The van der Waals surface area contributed by atoms with Gasteiger partial charge in [-0.25, -0.2) is 0 Å². The fraction of sp³-hybridized carbons (Fsp3) is 0.600. The van der Waals surface area contributed by atoms with Crippen LogP contribution >= 0.6 is 0 Å². The zero-order valence-electron chi connectivity index (χ0n) is 11.1. The highest BCUT2D eigenvalue weighted by Gasteiger charge is 2.28. The number of hydrogen-bond donors (Lipinski definition) is 1. The Kier molecular flexibility index (Phi) is 4.19. The lowest BCUT2D eigenvalue weighted by molar-refractivity contribution is -0.0279. The zero-order chi connectivity index (χ0) is 12.3. The Morgan fingerprint density at radius 1 is 1.29 bits per heavy atom. The Labute approximate surface area is 104 Å². The predicted molar refractivity (Wildman–Crippen MR) is 71.3 cm³/mol. The minimum Gasteiger partial charge on any atom is -0.373 e. The number of benzene rings is 1. The van der Waals surface area contributed by atoms with Crippen LogP contribution in [0.2, 0.25) is 0 Å².